The second-order valence-corrected chi connectivity index (χ2v) is 7.55. The molecule has 3 heterocycles. The van der Waals surface area contributed by atoms with Crippen LogP contribution in [0, 0.1) is 13.8 Å². The number of hydrogen-bond donors (Lipinski definition) is 1. The Morgan fingerprint density at radius 1 is 1.13 bits per heavy atom. The molecule has 1 aliphatic rings. The number of carbonyl (C=O) groups excluding carboxylic acids is 1. The number of rotatable bonds is 6. The first-order valence-corrected chi connectivity index (χ1v) is 10.2. The van der Waals surface area contributed by atoms with E-state index in [1.165, 1.54) is 0 Å². The first-order valence-electron chi connectivity index (χ1n) is 10.2. The number of hydrogen-bond acceptors (Lipinski definition) is 5. The molecule has 1 aromatic carbocycles. The zero-order valence-electron chi connectivity index (χ0n) is 17.5. The summed E-state index contributed by atoms with van der Waals surface area (Å²) in [6.07, 6.45) is 1.79. The van der Waals surface area contributed by atoms with Crippen LogP contribution in [0.4, 0.5) is 5.82 Å². The van der Waals surface area contributed by atoms with E-state index in [0.29, 0.717) is 31.9 Å². The quantitative estimate of drug-likeness (QED) is 0.683. The van der Waals surface area contributed by atoms with E-state index in [1.54, 1.807) is 6.20 Å². The highest BCUT2D eigenvalue weighted by molar-refractivity contribution is 5.94. The molecule has 0 atom stereocenters. The second-order valence-electron chi connectivity index (χ2n) is 7.55. The van der Waals surface area contributed by atoms with Crippen molar-refractivity contribution in [1.29, 1.82) is 0 Å². The average molecular weight is 406 g/mol. The molecule has 2 aromatic heterocycles. The lowest BCUT2D eigenvalue weighted by Gasteiger charge is -2.29. The topological polar surface area (TPSA) is 72.3 Å². The maximum absolute atomic E-state index is 12.8. The van der Waals surface area contributed by atoms with E-state index in [9.17, 15) is 4.79 Å². The van der Waals surface area contributed by atoms with Gasteiger partial charge >= 0.3 is 0 Å². The third-order valence-electron chi connectivity index (χ3n) is 5.24. The highest BCUT2D eigenvalue weighted by atomic mass is 16.5. The zero-order valence-corrected chi connectivity index (χ0v) is 17.5. The number of benzene rings is 1. The van der Waals surface area contributed by atoms with Crippen LogP contribution in [0.1, 0.15) is 32.9 Å². The number of anilines is 1. The van der Waals surface area contributed by atoms with Crippen LogP contribution in [-0.2, 0) is 17.8 Å². The van der Waals surface area contributed by atoms with Gasteiger partial charge in [-0.15, -0.1) is 0 Å². The third-order valence-corrected chi connectivity index (χ3v) is 5.24. The standard InChI is InChI=1S/C23H27N5O2/c1-17-13-18(2)28(26-17)16-19-5-3-6-20(14-19)23(29)25-15-21-7-4-8-24-22(21)27-9-11-30-12-10-27/h3-8,13-14H,9-12,15-16H2,1-2H3,(H,25,29). The van der Waals surface area contributed by atoms with Crippen molar-refractivity contribution in [3.05, 3.63) is 76.7 Å². The van der Waals surface area contributed by atoms with Crippen LogP contribution in [0.5, 0.6) is 0 Å². The van der Waals surface area contributed by atoms with Gasteiger partial charge < -0.3 is 15.0 Å². The van der Waals surface area contributed by atoms with E-state index in [2.05, 4.69) is 26.4 Å². The Hall–Kier alpha value is -3.19. The average Bonchev–Trinajstić information content (AvgIpc) is 3.09. The van der Waals surface area contributed by atoms with Crippen LogP contribution in [0.2, 0.25) is 0 Å². The smallest absolute Gasteiger partial charge is 0.251 e. The van der Waals surface area contributed by atoms with Crippen molar-refractivity contribution in [3.8, 4) is 0 Å². The lowest BCUT2D eigenvalue weighted by Crippen LogP contribution is -2.37. The van der Waals surface area contributed by atoms with Gasteiger partial charge in [0.1, 0.15) is 5.82 Å². The van der Waals surface area contributed by atoms with E-state index >= 15 is 0 Å². The molecular formula is C23H27N5O2. The van der Waals surface area contributed by atoms with Gasteiger partial charge in [-0.05, 0) is 43.7 Å². The molecule has 1 N–H and O–H groups in total. The number of morpholine rings is 1. The summed E-state index contributed by atoms with van der Waals surface area (Å²) in [7, 11) is 0. The van der Waals surface area contributed by atoms with Gasteiger partial charge in [-0.2, -0.15) is 5.10 Å². The Labute approximate surface area is 176 Å². The van der Waals surface area contributed by atoms with Crippen molar-refractivity contribution in [2.24, 2.45) is 0 Å². The number of pyridine rings is 1. The molecular weight excluding hydrogens is 378 g/mol. The van der Waals surface area contributed by atoms with Gasteiger partial charge in [-0.3, -0.25) is 9.48 Å². The van der Waals surface area contributed by atoms with Crippen LogP contribution in [-0.4, -0.2) is 47.0 Å². The van der Waals surface area contributed by atoms with Crippen molar-refractivity contribution < 1.29 is 9.53 Å². The molecule has 156 valence electrons. The van der Waals surface area contributed by atoms with Crippen LogP contribution in [0.15, 0.2) is 48.7 Å². The zero-order chi connectivity index (χ0) is 20.9. The Bertz CT molecular complexity index is 1020. The molecule has 1 fully saturated rings. The Morgan fingerprint density at radius 2 is 1.97 bits per heavy atom. The van der Waals surface area contributed by atoms with Gasteiger partial charge in [0, 0.05) is 42.7 Å². The monoisotopic (exact) mass is 405 g/mol. The van der Waals surface area contributed by atoms with Crippen molar-refractivity contribution in [1.82, 2.24) is 20.1 Å². The lowest BCUT2D eigenvalue weighted by molar-refractivity contribution is 0.0950. The minimum atomic E-state index is -0.0954. The fourth-order valence-corrected chi connectivity index (χ4v) is 3.72. The molecule has 3 aromatic rings. The summed E-state index contributed by atoms with van der Waals surface area (Å²) in [6.45, 7) is 8.12. The summed E-state index contributed by atoms with van der Waals surface area (Å²) in [5.74, 6) is 0.821. The van der Waals surface area contributed by atoms with Crippen molar-refractivity contribution in [3.63, 3.8) is 0 Å². The van der Waals surface area contributed by atoms with Crippen LogP contribution in [0.3, 0.4) is 0 Å². The van der Waals surface area contributed by atoms with Gasteiger partial charge in [-0.1, -0.05) is 18.2 Å². The molecule has 0 unspecified atom stereocenters. The molecule has 1 aliphatic heterocycles. The normalized spacial score (nSPS) is 14.0. The molecule has 7 heteroatoms. The fourth-order valence-electron chi connectivity index (χ4n) is 3.72. The van der Waals surface area contributed by atoms with Crippen LogP contribution in [0.25, 0.3) is 0 Å². The molecule has 1 saturated heterocycles. The summed E-state index contributed by atoms with van der Waals surface area (Å²) < 4.78 is 7.39. The molecule has 0 radical (unpaired) electrons. The van der Waals surface area contributed by atoms with Crippen molar-refractivity contribution in [2.75, 3.05) is 31.2 Å². The third kappa shape index (κ3) is 4.68. The largest absolute Gasteiger partial charge is 0.378 e. The predicted octanol–water partition coefficient (Wildman–Crippen LogP) is 2.71. The van der Waals surface area contributed by atoms with Crippen LogP contribution < -0.4 is 10.2 Å². The van der Waals surface area contributed by atoms with Gasteiger partial charge in [0.05, 0.1) is 25.5 Å². The van der Waals surface area contributed by atoms with Crippen LogP contribution >= 0.6 is 0 Å². The number of aryl methyl sites for hydroxylation is 2. The molecule has 1 amide bonds. The molecule has 0 spiro atoms. The van der Waals surface area contributed by atoms with E-state index in [1.807, 2.05) is 54.9 Å². The number of aromatic nitrogens is 3. The second kappa shape index (κ2) is 9.09. The molecule has 0 aliphatic carbocycles. The summed E-state index contributed by atoms with van der Waals surface area (Å²) in [4.78, 5) is 19.5. The van der Waals surface area contributed by atoms with E-state index in [0.717, 1.165) is 41.4 Å². The summed E-state index contributed by atoms with van der Waals surface area (Å²) in [5.41, 5.74) is 4.80. The number of carbonyl (C=O) groups is 1. The number of ether oxygens (including phenoxy) is 1. The predicted molar refractivity (Wildman–Crippen MR) is 116 cm³/mol. The SMILES string of the molecule is Cc1cc(C)n(Cc2cccc(C(=O)NCc3cccnc3N3CCOCC3)c2)n1. The maximum Gasteiger partial charge on any atom is 0.251 e. The van der Waals surface area contributed by atoms with Crippen molar-refractivity contribution in [2.45, 2.75) is 26.9 Å². The molecule has 7 nitrogen and oxygen atoms in total. The number of amides is 1. The summed E-state index contributed by atoms with van der Waals surface area (Å²) in [5, 5.41) is 7.55. The Kier molecular flexibility index (Phi) is 6.09. The van der Waals surface area contributed by atoms with E-state index < -0.39 is 0 Å². The fraction of sp³-hybridized carbons (Fsp3) is 0.348. The first-order chi connectivity index (χ1) is 14.6. The Balaban J connectivity index is 1.43. The minimum Gasteiger partial charge on any atom is -0.378 e. The van der Waals surface area contributed by atoms with Gasteiger partial charge in [0.25, 0.3) is 5.91 Å². The number of nitrogens with one attached hydrogen (secondary N) is 1. The van der Waals surface area contributed by atoms with E-state index in [4.69, 9.17) is 4.74 Å². The maximum atomic E-state index is 12.8. The summed E-state index contributed by atoms with van der Waals surface area (Å²) in [6, 6.07) is 13.7. The van der Waals surface area contributed by atoms with Crippen molar-refractivity contribution >= 4 is 11.7 Å². The molecule has 4 rings (SSSR count). The first kappa shape index (κ1) is 20.1. The molecule has 0 bridgehead atoms. The molecule has 30 heavy (non-hydrogen) atoms. The van der Waals surface area contributed by atoms with Gasteiger partial charge in [-0.25, -0.2) is 4.98 Å². The van der Waals surface area contributed by atoms with E-state index in [-0.39, 0.29) is 5.91 Å². The summed E-state index contributed by atoms with van der Waals surface area (Å²) >= 11 is 0. The number of nitrogens with zero attached hydrogens (tertiary/aromatic N) is 4. The lowest BCUT2D eigenvalue weighted by atomic mass is 10.1. The molecule has 0 saturated carbocycles. The van der Waals surface area contributed by atoms with Gasteiger partial charge in [0.2, 0.25) is 0 Å². The highest BCUT2D eigenvalue weighted by Crippen LogP contribution is 2.18. The minimum absolute atomic E-state index is 0.0954. The highest BCUT2D eigenvalue weighted by Gasteiger charge is 2.16. The van der Waals surface area contributed by atoms with Gasteiger partial charge in [0.15, 0.2) is 0 Å². The Morgan fingerprint density at radius 3 is 2.73 bits per heavy atom.